The van der Waals surface area contributed by atoms with Crippen molar-refractivity contribution in [1.82, 2.24) is 15.2 Å². The molecule has 0 saturated carbocycles. The number of hydrogen-bond donors (Lipinski definition) is 2. The number of aryl methyl sites for hydroxylation is 1. The van der Waals surface area contributed by atoms with Gasteiger partial charge in [-0.3, -0.25) is 4.79 Å². The van der Waals surface area contributed by atoms with Gasteiger partial charge in [0.15, 0.2) is 0 Å². The predicted octanol–water partition coefficient (Wildman–Crippen LogP) is 0.145. The van der Waals surface area contributed by atoms with E-state index in [9.17, 15) is 4.79 Å². The zero-order valence-electron chi connectivity index (χ0n) is 15.0. The molecule has 1 aliphatic rings. The maximum Gasteiger partial charge on any atom is 0.217 e. The molecule has 1 aliphatic heterocycles. The maximum absolute atomic E-state index is 11.1. The highest BCUT2D eigenvalue weighted by atomic mass is 16.1. The third-order valence-corrected chi connectivity index (χ3v) is 4.70. The van der Waals surface area contributed by atoms with Gasteiger partial charge in [-0.05, 0) is 37.8 Å². The van der Waals surface area contributed by atoms with Crippen molar-refractivity contribution in [2.45, 2.75) is 39.2 Å². The fourth-order valence-electron chi connectivity index (χ4n) is 3.52. The van der Waals surface area contributed by atoms with Crippen LogP contribution in [0.5, 0.6) is 0 Å². The molecule has 0 radical (unpaired) electrons. The Morgan fingerprint density at radius 2 is 1.84 bits per heavy atom. The van der Waals surface area contributed by atoms with Crippen molar-refractivity contribution in [3.63, 3.8) is 0 Å². The van der Waals surface area contributed by atoms with Gasteiger partial charge in [0.05, 0.1) is 0 Å². The van der Waals surface area contributed by atoms with Crippen molar-refractivity contribution in [1.29, 1.82) is 0 Å². The molecule has 25 heavy (non-hydrogen) atoms. The molecule has 8 N–H and O–H groups in total. The number of carbonyl (C=O) groups is 1. The number of aromatic nitrogens is 1. The minimum atomic E-state index is 0. The number of para-hydroxylation sites is 1. The summed E-state index contributed by atoms with van der Waals surface area (Å²) in [5, 5.41) is 4.39. The summed E-state index contributed by atoms with van der Waals surface area (Å²) in [6.07, 6.45) is 3.21. The van der Waals surface area contributed by atoms with Crippen LogP contribution in [0.2, 0.25) is 0 Å². The quantitative estimate of drug-likeness (QED) is 0.806. The Bertz CT molecular complexity index is 663. The standard InChI is InChI=1S/C18H25N3O.3H2O/c1-13-16(17-5-3-4-6-18(17)19-13)9-12-21-10-7-15(8-11-21)20-14(2)22;;;/h3-6,15,19H,7-12H2,1-2H3,(H,20,22);3*1H2. The van der Waals surface area contributed by atoms with Crippen LogP contribution in [0.15, 0.2) is 24.3 Å². The monoisotopic (exact) mass is 353 g/mol. The van der Waals surface area contributed by atoms with Crippen LogP contribution in [0, 0.1) is 6.92 Å². The average molecular weight is 353 g/mol. The molecule has 0 atom stereocenters. The first kappa shape index (κ1) is 23.1. The SMILES string of the molecule is CC(=O)NC1CCN(CCc2c(C)[nH]c3ccccc23)CC1.O.O.O. The molecular formula is C18H31N3O4. The maximum atomic E-state index is 11.1. The van der Waals surface area contributed by atoms with E-state index in [4.69, 9.17) is 0 Å². The second kappa shape index (κ2) is 10.1. The van der Waals surface area contributed by atoms with Gasteiger partial charge in [-0.25, -0.2) is 0 Å². The van der Waals surface area contributed by atoms with Crippen LogP contribution in [-0.2, 0) is 11.2 Å². The number of hydrogen-bond acceptors (Lipinski definition) is 2. The fraction of sp³-hybridized carbons (Fsp3) is 0.500. The van der Waals surface area contributed by atoms with E-state index >= 15 is 0 Å². The van der Waals surface area contributed by atoms with Crippen LogP contribution in [0.4, 0.5) is 0 Å². The summed E-state index contributed by atoms with van der Waals surface area (Å²) in [7, 11) is 0. The van der Waals surface area contributed by atoms with Crippen molar-refractivity contribution in [3.05, 3.63) is 35.5 Å². The molecule has 1 fully saturated rings. The number of nitrogens with one attached hydrogen (secondary N) is 2. The number of piperidine rings is 1. The molecule has 142 valence electrons. The molecule has 3 rings (SSSR count). The number of fused-ring (bicyclic) bond motifs is 1. The Morgan fingerprint density at radius 1 is 1.20 bits per heavy atom. The Labute approximate surface area is 148 Å². The van der Waals surface area contributed by atoms with Crippen LogP contribution in [0.3, 0.4) is 0 Å². The molecule has 1 aromatic carbocycles. The van der Waals surface area contributed by atoms with Gasteiger partial charge < -0.3 is 31.6 Å². The molecule has 1 amide bonds. The molecule has 0 unspecified atom stereocenters. The Kier molecular flexibility index (Phi) is 9.37. The van der Waals surface area contributed by atoms with E-state index in [1.54, 1.807) is 6.92 Å². The van der Waals surface area contributed by atoms with E-state index in [0.29, 0.717) is 6.04 Å². The second-order valence-corrected chi connectivity index (χ2v) is 6.34. The van der Waals surface area contributed by atoms with Crippen molar-refractivity contribution >= 4 is 16.8 Å². The van der Waals surface area contributed by atoms with Crippen LogP contribution < -0.4 is 5.32 Å². The zero-order valence-corrected chi connectivity index (χ0v) is 15.0. The Hall–Kier alpha value is -1.93. The van der Waals surface area contributed by atoms with Crippen LogP contribution >= 0.6 is 0 Å². The molecule has 0 bridgehead atoms. The van der Waals surface area contributed by atoms with E-state index in [1.807, 2.05) is 0 Å². The van der Waals surface area contributed by atoms with Gasteiger partial charge in [0.1, 0.15) is 0 Å². The van der Waals surface area contributed by atoms with Crippen molar-refractivity contribution in [2.24, 2.45) is 0 Å². The number of nitrogens with zero attached hydrogens (tertiary/aromatic N) is 1. The lowest BCUT2D eigenvalue weighted by Gasteiger charge is -2.32. The molecule has 1 aromatic heterocycles. The summed E-state index contributed by atoms with van der Waals surface area (Å²) in [5.41, 5.74) is 3.97. The summed E-state index contributed by atoms with van der Waals surface area (Å²) in [4.78, 5) is 17.1. The first-order chi connectivity index (χ1) is 10.6. The van der Waals surface area contributed by atoms with Crippen LogP contribution in [0.1, 0.15) is 31.0 Å². The van der Waals surface area contributed by atoms with Gasteiger partial charge >= 0.3 is 0 Å². The third-order valence-electron chi connectivity index (χ3n) is 4.70. The second-order valence-electron chi connectivity index (χ2n) is 6.34. The van der Waals surface area contributed by atoms with Crippen LogP contribution in [-0.4, -0.2) is 57.9 Å². The molecule has 0 aliphatic carbocycles. The zero-order chi connectivity index (χ0) is 15.5. The number of amides is 1. The average Bonchev–Trinajstić information content (AvgIpc) is 2.81. The number of rotatable bonds is 4. The van der Waals surface area contributed by atoms with E-state index in [0.717, 1.165) is 38.9 Å². The fourth-order valence-corrected chi connectivity index (χ4v) is 3.52. The minimum Gasteiger partial charge on any atom is -0.412 e. The van der Waals surface area contributed by atoms with Gasteiger partial charge in [-0.2, -0.15) is 0 Å². The molecular weight excluding hydrogens is 322 g/mol. The molecule has 2 aromatic rings. The van der Waals surface area contributed by atoms with Gasteiger partial charge in [-0.15, -0.1) is 0 Å². The van der Waals surface area contributed by atoms with Crippen molar-refractivity contribution in [2.75, 3.05) is 19.6 Å². The summed E-state index contributed by atoms with van der Waals surface area (Å²) in [6.45, 7) is 7.01. The first-order valence-electron chi connectivity index (χ1n) is 8.19. The number of carbonyl (C=O) groups excluding carboxylic acids is 1. The third kappa shape index (κ3) is 5.54. The lowest BCUT2D eigenvalue weighted by atomic mass is 10.0. The number of H-pyrrole nitrogens is 1. The normalized spacial score (nSPS) is 15.0. The summed E-state index contributed by atoms with van der Waals surface area (Å²) < 4.78 is 0. The largest absolute Gasteiger partial charge is 0.412 e. The smallest absolute Gasteiger partial charge is 0.217 e. The Morgan fingerprint density at radius 3 is 2.48 bits per heavy atom. The van der Waals surface area contributed by atoms with Gasteiger partial charge in [0.25, 0.3) is 0 Å². The van der Waals surface area contributed by atoms with E-state index in [-0.39, 0.29) is 22.3 Å². The molecule has 1 saturated heterocycles. The minimum absolute atomic E-state index is 0. The first-order valence-corrected chi connectivity index (χ1v) is 8.19. The predicted molar refractivity (Wildman–Crippen MR) is 101 cm³/mol. The highest BCUT2D eigenvalue weighted by Gasteiger charge is 2.20. The van der Waals surface area contributed by atoms with Gasteiger partial charge in [0.2, 0.25) is 5.91 Å². The molecule has 0 spiro atoms. The topological polar surface area (TPSA) is 143 Å². The number of likely N-dealkylation sites (tertiary alicyclic amines) is 1. The molecule has 2 heterocycles. The molecule has 7 heteroatoms. The van der Waals surface area contributed by atoms with Gasteiger partial charge in [-0.1, -0.05) is 18.2 Å². The van der Waals surface area contributed by atoms with Crippen LogP contribution in [0.25, 0.3) is 10.9 Å². The Balaban J connectivity index is 0.00000192. The highest BCUT2D eigenvalue weighted by molar-refractivity contribution is 5.84. The summed E-state index contributed by atoms with van der Waals surface area (Å²) in [6, 6.07) is 8.90. The van der Waals surface area contributed by atoms with E-state index in [1.165, 1.54) is 22.2 Å². The highest BCUT2D eigenvalue weighted by Crippen LogP contribution is 2.23. The lowest BCUT2D eigenvalue weighted by Crippen LogP contribution is -2.44. The number of benzene rings is 1. The van der Waals surface area contributed by atoms with E-state index in [2.05, 4.69) is 46.4 Å². The van der Waals surface area contributed by atoms with E-state index < -0.39 is 0 Å². The van der Waals surface area contributed by atoms with Crippen molar-refractivity contribution < 1.29 is 21.2 Å². The van der Waals surface area contributed by atoms with Crippen molar-refractivity contribution in [3.8, 4) is 0 Å². The number of aromatic amines is 1. The summed E-state index contributed by atoms with van der Waals surface area (Å²) >= 11 is 0. The summed E-state index contributed by atoms with van der Waals surface area (Å²) in [5.74, 6) is 0.0906. The lowest BCUT2D eigenvalue weighted by molar-refractivity contribution is -0.119. The van der Waals surface area contributed by atoms with Gasteiger partial charge in [0, 0.05) is 49.2 Å². The molecule has 7 nitrogen and oxygen atoms in total.